The van der Waals surface area contributed by atoms with Gasteiger partial charge in [0.05, 0.1) is 22.0 Å². The summed E-state index contributed by atoms with van der Waals surface area (Å²) in [6, 6.07) is 7.01. The minimum absolute atomic E-state index is 0.144. The molecule has 2 N–H and O–H groups in total. The predicted octanol–water partition coefficient (Wildman–Crippen LogP) is 1.98. The highest BCUT2D eigenvalue weighted by Crippen LogP contribution is 2.26. The van der Waals surface area contributed by atoms with Crippen molar-refractivity contribution in [2.75, 3.05) is 12.0 Å². The summed E-state index contributed by atoms with van der Waals surface area (Å²) < 4.78 is 25.2. The van der Waals surface area contributed by atoms with Crippen LogP contribution < -0.4 is 5.73 Å². The predicted molar refractivity (Wildman–Crippen MR) is 79.8 cm³/mol. The van der Waals surface area contributed by atoms with Gasteiger partial charge in [0.15, 0.2) is 9.84 Å². The average Bonchev–Trinajstić information content (AvgIpc) is 2.80. The maximum Gasteiger partial charge on any atom is 0.177 e. The summed E-state index contributed by atoms with van der Waals surface area (Å²) in [6.45, 7) is 4.06. The number of benzene rings is 1. The number of anilines is 1. The molecule has 0 saturated heterocycles. The van der Waals surface area contributed by atoms with Gasteiger partial charge in [-0.1, -0.05) is 19.9 Å². The topological polar surface area (TPSA) is 78.0 Å². The number of rotatable bonds is 4. The molecule has 0 saturated carbocycles. The van der Waals surface area contributed by atoms with Gasteiger partial charge < -0.3 is 5.73 Å². The lowest BCUT2D eigenvalue weighted by Gasteiger charge is -2.12. The van der Waals surface area contributed by atoms with Crippen LogP contribution in [-0.2, 0) is 22.7 Å². The van der Waals surface area contributed by atoms with E-state index in [4.69, 9.17) is 5.73 Å². The molecule has 0 radical (unpaired) electrons. The zero-order valence-electron chi connectivity index (χ0n) is 11.9. The van der Waals surface area contributed by atoms with E-state index in [-0.39, 0.29) is 10.6 Å². The van der Waals surface area contributed by atoms with Crippen LogP contribution >= 0.6 is 0 Å². The van der Waals surface area contributed by atoms with Gasteiger partial charge in [-0.3, -0.25) is 0 Å². The largest absolute Gasteiger partial charge is 0.396 e. The standard InChI is InChI=1S/C14H19N3O2S/c1-4-10-9-11(5-2)17(16-10)12-7-6-8-13(14(12)15)20(3,18)19/h6-9H,4-5,15H2,1-3H3. The molecule has 5 nitrogen and oxygen atoms in total. The van der Waals surface area contributed by atoms with Gasteiger partial charge in [0.2, 0.25) is 0 Å². The Morgan fingerprint density at radius 2 is 1.95 bits per heavy atom. The fraction of sp³-hybridized carbons (Fsp3) is 0.357. The van der Waals surface area contributed by atoms with Gasteiger partial charge in [-0.15, -0.1) is 0 Å². The van der Waals surface area contributed by atoms with Crippen LogP contribution in [0.25, 0.3) is 5.69 Å². The first-order valence-electron chi connectivity index (χ1n) is 6.55. The Balaban J connectivity index is 2.68. The second-order valence-electron chi connectivity index (χ2n) is 4.71. The molecule has 1 heterocycles. The van der Waals surface area contributed by atoms with Crippen LogP contribution in [0.5, 0.6) is 0 Å². The number of hydrogen-bond donors (Lipinski definition) is 1. The van der Waals surface area contributed by atoms with Crippen molar-refractivity contribution in [1.29, 1.82) is 0 Å². The fourth-order valence-corrected chi connectivity index (χ4v) is 2.98. The summed E-state index contributed by atoms with van der Waals surface area (Å²) in [6.07, 6.45) is 2.78. The van der Waals surface area contributed by atoms with E-state index in [1.54, 1.807) is 16.8 Å². The van der Waals surface area contributed by atoms with Crippen LogP contribution in [0.2, 0.25) is 0 Å². The van der Waals surface area contributed by atoms with Gasteiger partial charge in [-0.25, -0.2) is 13.1 Å². The van der Waals surface area contributed by atoms with Crippen molar-refractivity contribution in [2.24, 2.45) is 0 Å². The number of nitrogens with zero attached hydrogens (tertiary/aromatic N) is 2. The molecule has 0 aliphatic rings. The third kappa shape index (κ3) is 2.56. The van der Waals surface area contributed by atoms with E-state index in [0.717, 1.165) is 30.5 Å². The maximum atomic E-state index is 11.7. The van der Waals surface area contributed by atoms with E-state index in [1.165, 1.54) is 6.07 Å². The van der Waals surface area contributed by atoms with Crippen molar-refractivity contribution in [3.63, 3.8) is 0 Å². The molecule has 1 aromatic heterocycles. The maximum absolute atomic E-state index is 11.7. The van der Waals surface area contributed by atoms with Gasteiger partial charge in [0.25, 0.3) is 0 Å². The van der Waals surface area contributed by atoms with E-state index >= 15 is 0 Å². The fourth-order valence-electron chi connectivity index (χ4n) is 2.15. The van der Waals surface area contributed by atoms with Crippen LogP contribution in [0.3, 0.4) is 0 Å². The third-order valence-corrected chi connectivity index (χ3v) is 4.38. The number of nitrogens with two attached hydrogens (primary N) is 1. The minimum atomic E-state index is -3.35. The second kappa shape index (κ2) is 5.28. The SMILES string of the molecule is CCc1cc(CC)n(-c2cccc(S(C)(=O)=O)c2N)n1. The molecular formula is C14H19N3O2S. The highest BCUT2D eigenvalue weighted by Gasteiger charge is 2.17. The van der Waals surface area contributed by atoms with Crippen LogP contribution in [0.4, 0.5) is 5.69 Å². The second-order valence-corrected chi connectivity index (χ2v) is 6.69. The lowest BCUT2D eigenvalue weighted by Crippen LogP contribution is -2.09. The first-order valence-corrected chi connectivity index (χ1v) is 8.44. The molecule has 1 aromatic carbocycles. The van der Waals surface area contributed by atoms with Gasteiger partial charge >= 0.3 is 0 Å². The highest BCUT2D eigenvalue weighted by molar-refractivity contribution is 7.90. The molecule has 2 aromatic rings. The lowest BCUT2D eigenvalue weighted by molar-refractivity contribution is 0.602. The summed E-state index contributed by atoms with van der Waals surface area (Å²) in [5.74, 6) is 0. The quantitative estimate of drug-likeness (QED) is 0.874. The summed E-state index contributed by atoms with van der Waals surface area (Å²) in [7, 11) is -3.35. The number of sulfone groups is 1. The number of aromatic nitrogens is 2. The molecule has 0 aliphatic heterocycles. The summed E-state index contributed by atoms with van der Waals surface area (Å²) in [5, 5.41) is 4.50. The van der Waals surface area contributed by atoms with Crippen molar-refractivity contribution >= 4 is 15.5 Å². The third-order valence-electron chi connectivity index (χ3n) is 3.23. The molecule has 108 valence electrons. The highest BCUT2D eigenvalue weighted by atomic mass is 32.2. The van der Waals surface area contributed by atoms with Crippen LogP contribution in [0.15, 0.2) is 29.2 Å². The molecule has 0 amide bonds. The Bertz CT molecular complexity index is 733. The van der Waals surface area contributed by atoms with E-state index < -0.39 is 9.84 Å². The monoisotopic (exact) mass is 293 g/mol. The Morgan fingerprint density at radius 3 is 2.50 bits per heavy atom. The molecule has 0 bridgehead atoms. The van der Waals surface area contributed by atoms with Crippen molar-refractivity contribution in [3.8, 4) is 5.69 Å². The molecule has 2 rings (SSSR count). The van der Waals surface area contributed by atoms with Gasteiger partial charge in [0, 0.05) is 11.9 Å². The number of nitrogen functional groups attached to an aromatic ring is 1. The Hall–Kier alpha value is -1.82. The van der Waals surface area contributed by atoms with E-state index in [1.807, 2.05) is 19.9 Å². The normalized spacial score (nSPS) is 11.8. The van der Waals surface area contributed by atoms with Crippen LogP contribution in [-0.4, -0.2) is 24.5 Å². The van der Waals surface area contributed by atoms with Gasteiger partial charge in [0.1, 0.15) is 0 Å². The summed E-state index contributed by atoms with van der Waals surface area (Å²) in [5.41, 5.74) is 8.87. The lowest BCUT2D eigenvalue weighted by atomic mass is 10.2. The average molecular weight is 293 g/mol. The van der Waals surface area contributed by atoms with Crippen molar-refractivity contribution in [1.82, 2.24) is 9.78 Å². The summed E-state index contributed by atoms with van der Waals surface area (Å²) >= 11 is 0. The zero-order valence-corrected chi connectivity index (χ0v) is 12.7. The van der Waals surface area contributed by atoms with Crippen LogP contribution in [0.1, 0.15) is 25.2 Å². The first kappa shape index (κ1) is 14.6. The van der Waals surface area contributed by atoms with Crippen molar-refractivity contribution in [3.05, 3.63) is 35.7 Å². The van der Waals surface area contributed by atoms with Crippen LogP contribution in [0, 0.1) is 0 Å². The molecular weight excluding hydrogens is 274 g/mol. The smallest absolute Gasteiger partial charge is 0.177 e. The van der Waals surface area contributed by atoms with E-state index in [9.17, 15) is 8.42 Å². The van der Waals surface area contributed by atoms with Gasteiger partial charge in [-0.2, -0.15) is 5.10 Å². The number of aryl methyl sites for hydroxylation is 2. The van der Waals surface area contributed by atoms with Gasteiger partial charge in [-0.05, 0) is 31.0 Å². The summed E-state index contributed by atoms with van der Waals surface area (Å²) in [4.78, 5) is 0.144. The molecule has 0 spiro atoms. The molecule has 20 heavy (non-hydrogen) atoms. The Kier molecular flexibility index (Phi) is 3.85. The molecule has 0 unspecified atom stereocenters. The Labute approximate surface area is 119 Å². The van der Waals surface area contributed by atoms with Crippen molar-refractivity contribution < 1.29 is 8.42 Å². The van der Waals surface area contributed by atoms with E-state index in [2.05, 4.69) is 5.10 Å². The van der Waals surface area contributed by atoms with E-state index in [0.29, 0.717) is 5.69 Å². The number of hydrogen-bond acceptors (Lipinski definition) is 4. The Morgan fingerprint density at radius 1 is 1.25 bits per heavy atom. The molecule has 0 fully saturated rings. The van der Waals surface area contributed by atoms with Crippen molar-refractivity contribution in [2.45, 2.75) is 31.6 Å². The minimum Gasteiger partial charge on any atom is -0.396 e. The molecule has 0 atom stereocenters. The zero-order chi connectivity index (χ0) is 14.9. The molecule has 6 heteroatoms. The number of para-hydroxylation sites is 1. The molecule has 0 aliphatic carbocycles. The first-order chi connectivity index (χ1) is 9.38.